The third-order valence-electron chi connectivity index (χ3n) is 4.23. The van der Waals surface area contributed by atoms with Crippen LogP contribution >= 0.6 is 35.0 Å². The molecule has 0 saturated carbocycles. The maximum absolute atomic E-state index is 9.85. The van der Waals surface area contributed by atoms with Crippen molar-refractivity contribution >= 4 is 35.0 Å². The minimum atomic E-state index is -0.0919. The van der Waals surface area contributed by atoms with E-state index in [4.69, 9.17) is 28.2 Å². The molecule has 0 atom stereocenters. The number of aliphatic hydroxyl groups excluding tert-OH is 1. The van der Waals surface area contributed by atoms with Crippen LogP contribution in [0.25, 0.3) is 0 Å². The Labute approximate surface area is 174 Å². The average Bonchev–Trinajstić information content (AvgIpc) is 2.97. The molecule has 0 radical (unpaired) electrons. The van der Waals surface area contributed by atoms with Gasteiger partial charge in [-0.05, 0) is 36.1 Å². The number of aryl methyl sites for hydroxylation is 1. The standard InChI is InChI=1S/C21H22Cl2N2OS/c1-14(2)20-21(27-18-11-16(22)10-17(23)12-18)25(19(13-26)24-20)9-8-15-6-4-3-5-7-15/h3-7,10-12,14,26H,8-9,13H2,1-2H3. The van der Waals surface area contributed by atoms with Crippen LogP contribution in [0.5, 0.6) is 0 Å². The van der Waals surface area contributed by atoms with Gasteiger partial charge in [-0.15, -0.1) is 0 Å². The molecular weight excluding hydrogens is 399 g/mol. The number of halogens is 2. The number of rotatable bonds is 7. The van der Waals surface area contributed by atoms with Crippen molar-refractivity contribution in [1.82, 2.24) is 9.55 Å². The molecule has 0 aliphatic carbocycles. The number of hydrogen-bond acceptors (Lipinski definition) is 3. The molecule has 3 aromatic rings. The lowest BCUT2D eigenvalue weighted by atomic mass is 10.1. The molecule has 0 aliphatic heterocycles. The molecule has 0 unspecified atom stereocenters. The van der Waals surface area contributed by atoms with Crippen LogP contribution < -0.4 is 0 Å². The number of imidazole rings is 1. The van der Waals surface area contributed by atoms with E-state index < -0.39 is 0 Å². The number of hydrogen-bond donors (Lipinski definition) is 1. The Hall–Kier alpha value is -1.46. The fourth-order valence-corrected chi connectivity index (χ4v) is 4.87. The van der Waals surface area contributed by atoms with Crippen LogP contribution in [0, 0.1) is 0 Å². The van der Waals surface area contributed by atoms with E-state index in [1.54, 1.807) is 17.8 Å². The summed E-state index contributed by atoms with van der Waals surface area (Å²) in [7, 11) is 0. The summed E-state index contributed by atoms with van der Waals surface area (Å²) in [6.45, 7) is 4.88. The first-order valence-electron chi connectivity index (χ1n) is 8.86. The van der Waals surface area contributed by atoms with Gasteiger partial charge in [-0.2, -0.15) is 0 Å². The van der Waals surface area contributed by atoms with Crippen molar-refractivity contribution in [3.05, 3.63) is 75.7 Å². The highest BCUT2D eigenvalue weighted by Crippen LogP contribution is 2.37. The average molecular weight is 421 g/mol. The first kappa shape index (κ1) is 20.3. The van der Waals surface area contributed by atoms with Crippen LogP contribution in [-0.2, 0) is 19.6 Å². The predicted molar refractivity (Wildman–Crippen MR) is 113 cm³/mol. The minimum absolute atomic E-state index is 0.0919. The van der Waals surface area contributed by atoms with Crippen LogP contribution in [0.1, 0.15) is 36.8 Å². The molecule has 1 heterocycles. The zero-order chi connectivity index (χ0) is 19.4. The van der Waals surface area contributed by atoms with Crippen LogP contribution in [0.2, 0.25) is 10.0 Å². The van der Waals surface area contributed by atoms with Gasteiger partial charge in [0.25, 0.3) is 0 Å². The molecule has 0 bridgehead atoms. The first-order chi connectivity index (χ1) is 13.0. The summed E-state index contributed by atoms with van der Waals surface area (Å²) >= 11 is 13.9. The molecule has 2 aromatic carbocycles. The molecule has 0 spiro atoms. The van der Waals surface area contributed by atoms with E-state index in [9.17, 15) is 5.11 Å². The predicted octanol–water partition coefficient (Wildman–Crippen LogP) is 6.20. The molecule has 0 saturated heterocycles. The van der Waals surface area contributed by atoms with E-state index in [0.717, 1.165) is 28.6 Å². The van der Waals surface area contributed by atoms with Crippen LogP contribution in [0.4, 0.5) is 0 Å². The van der Waals surface area contributed by atoms with E-state index in [-0.39, 0.29) is 12.5 Å². The summed E-state index contributed by atoms with van der Waals surface area (Å²) < 4.78 is 2.11. The smallest absolute Gasteiger partial charge is 0.135 e. The summed E-state index contributed by atoms with van der Waals surface area (Å²) in [5.74, 6) is 0.927. The van der Waals surface area contributed by atoms with E-state index in [0.29, 0.717) is 15.9 Å². The Morgan fingerprint density at radius 1 is 1.07 bits per heavy atom. The summed E-state index contributed by atoms with van der Waals surface area (Å²) in [5.41, 5.74) is 2.23. The maximum atomic E-state index is 9.85. The second-order valence-electron chi connectivity index (χ2n) is 6.63. The summed E-state index contributed by atoms with van der Waals surface area (Å²) in [5, 5.41) is 12.1. The van der Waals surface area contributed by atoms with Gasteiger partial charge in [-0.3, -0.25) is 0 Å². The largest absolute Gasteiger partial charge is 0.388 e. The minimum Gasteiger partial charge on any atom is -0.388 e. The molecule has 142 valence electrons. The van der Waals surface area contributed by atoms with Crippen molar-refractivity contribution in [2.24, 2.45) is 0 Å². The number of aromatic nitrogens is 2. The molecule has 3 rings (SSSR count). The Bertz CT molecular complexity index is 890. The maximum Gasteiger partial charge on any atom is 0.135 e. The van der Waals surface area contributed by atoms with Gasteiger partial charge in [0.15, 0.2) is 0 Å². The second-order valence-corrected chi connectivity index (χ2v) is 8.56. The highest BCUT2D eigenvalue weighted by atomic mass is 35.5. The van der Waals surface area contributed by atoms with E-state index in [1.807, 2.05) is 30.3 Å². The lowest BCUT2D eigenvalue weighted by Crippen LogP contribution is -2.08. The highest BCUT2D eigenvalue weighted by molar-refractivity contribution is 7.99. The van der Waals surface area contributed by atoms with E-state index in [2.05, 4.69) is 30.5 Å². The highest BCUT2D eigenvalue weighted by Gasteiger charge is 2.20. The van der Waals surface area contributed by atoms with Gasteiger partial charge in [0, 0.05) is 21.5 Å². The van der Waals surface area contributed by atoms with E-state index in [1.165, 1.54) is 5.56 Å². The van der Waals surface area contributed by atoms with Crippen molar-refractivity contribution in [3.63, 3.8) is 0 Å². The monoisotopic (exact) mass is 420 g/mol. The SMILES string of the molecule is CC(C)c1nc(CO)n(CCc2ccccc2)c1Sc1cc(Cl)cc(Cl)c1. The molecule has 0 amide bonds. The third kappa shape index (κ3) is 5.08. The third-order valence-corrected chi connectivity index (χ3v) is 5.76. The van der Waals surface area contributed by atoms with E-state index >= 15 is 0 Å². The molecule has 1 aromatic heterocycles. The number of benzene rings is 2. The van der Waals surface area contributed by atoms with Crippen LogP contribution in [0.15, 0.2) is 58.5 Å². The molecule has 27 heavy (non-hydrogen) atoms. The fourth-order valence-electron chi connectivity index (χ4n) is 2.92. The zero-order valence-corrected chi connectivity index (χ0v) is 17.7. The van der Waals surface area contributed by atoms with Crippen LogP contribution in [-0.4, -0.2) is 14.7 Å². The zero-order valence-electron chi connectivity index (χ0n) is 15.3. The van der Waals surface area contributed by atoms with Gasteiger partial charge in [-0.25, -0.2) is 4.98 Å². The molecular formula is C21H22Cl2N2OS. The quantitative estimate of drug-likeness (QED) is 0.494. The molecule has 0 fully saturated rings. The molecule has 3 nitrogen and oxygen atoms in total. The van der Waals surface area contributed by atoms with Gasteiger partial charge in [-0.1, -0.05) is 79.1 Å². The van der Waals surface area contributed by atoms with Gasteiger partial charge >= 0.3 is 0 Å². The number of aliphatic hydroxyl groups is 1. The summed E-state index contributed by atoms with van der Waals surface area (Å²) in [6.07, 6.45) is 0.867. The molecule has 0 aliphatic rings. The van der Waals surface area contributed by atoms with Gasteiger partial charge in [0.1, 0.15) is 17.5 Å². The Morgan fingerprint density at radius 3 is 2.33 bits per heavy atom. The fraction of sp³-hybridized carbons (Fsp3) is 0.286. The van der Waals surface area contributed by atoms with Gasteiger partial charge in [0.2, 0.25) is 0 Å². The molecule has 6 heteroatoms. The van der Waals surface area contributed by atoms with Crippen molar-refractivity contribution in [2.45, 2.75) is 49.3 Å². The van der Waals surface area contributed by atoms with Crippen molar-refractivity contribution in [1.29, 1.82) is 0 Å². The van der Waals surface area contributed by atoms with Crippen molar-refractivity contribution < 1.29 is 5.11 Å². The lowest BCUT2D eigenvalue weighted by molar-refractivity contribution is 0.263. The Kier molecular flexibility index (Phi) is 6.88. The first-order valence-corrected chi connectivity index (χ1v) is 10.4. The van der Waals surface area contributed by atoms with Gasteiger partial charge < -0.3 is 9.67 Å². The van der Waals surface area contributed by atoms with Crippen LogP contribution in [0.3, 0.4) is 0 Å². The van der Waals surface area contributed by atoms with Gasteiger partial charge in [0.05, 0.1) is 5.69 Å². The second kappa shape index (κ2) is 9.16. The Morgan fingerprint density at radius 2 is 1.74 bits per heavy atom. The Balaban J connectivity index is 1.97. The summed E-state index contributed by atoms with van der Waals surface area (Å²) in [4.78, 5) is 5.67. The summed E-state index contributed by atoms with van der Waals surface area (Å²) in [6, 6.07) is 15.8. The lowest BCUT2D eigenvalue weighted by Gasteiger charge is -2.13. The topological polar surface area (TPSA) is 38.1 Å². The van der Waals surface area contributed by atoms with Crippen molar-refractivity contribution in [3.8, 4) is 0 Å². The van der Waals surface area contributed by atoms with Crippen molar-refractivity contribution in [2.75, 3.05) is 0 Å². The molecule has 1 N–H and O–H groups in total. The number of nitrogens with zero attached hydrogens (tertiary/aromatic N) is 2. The normalized spacial score (nSPS) is 11.3.